The highest BCUT2D eigenvalue weighted by atomic mass is 127. The third kappa shape index (κ3) is 11.2. The number of carbonyl (C=O) groups is 1. The van der Waals surface area contributed by atoms with Crippen LogP contribution in [0.2, 0.25) is 0 Å². The SMILES string of the molecule is CN=C(NCCNC(=O)Cc1ccc(F)cc1)NCc1ccc(OCC(F)(F)F)cc1.I. The number of guanidine groups is 1. The van der Waals surface area contributed by atoms with Gasteiger partial charge in [-0.15, -0.1) is 24.0 Å². The summed E-state index contributed by atoms with van der Waals surface area (Å²) in [7, 11) is 1.59. The highest BCUT2D eigenvalue weighted by Crippen LogP contribution is 2.18. The molecule has 2 aromatic rings. The lowest BCUT2D eigenvalue weighted by atomic mass is 10.1. The molecule has 0 aliphatic rings. The molecular formula is C21H25F4IN4O2. The number of nitrogens with zero attached hydrogens (tertiary/aromatic N) is 1. The maximum atomic E-state index is 12.9. The van der Waals surface area contributed by atoms with E-state index in [1.165, 1.54) is 24.3 Å². The van der Waals surface area contributed by atoms with Gasteiger partial charge in [0.05, 0.1) is 6.42 Å². The molecule has 0 bridgehead atoms. The van der Waals surface area contributed by atoms with Gasteiger partial charge in [0, 0.05) is 26.7 Å². The maximum absolute atomic E-state index is 12.9. The Kier molecular flexibility index (Phi) is 11.8. The third-order valence-corrected chi connectivity index (χ3v) is 4.03. The average molecular weight is 568 g/mol. The van der Waals surface area contributed by atoms with Crippen molar-refractivity contribution in [1.82, 2.24) is 16.0 Å². The molecule has 0 saturated carbocycles. The van der Waals surface area contributed by atoms with Gasteiger partial charge >= 0.3 is 6.18 Å². The summed E-state index contributed by atoms with van der Waals surface area (Å²) in [4.78, 5) is 16.0. The van der Waals surface area contributed by atoms with Crippen molar-refractivity contribution < 1.29 is 27.1 Å². The number of amides is 1. The maximum Gasteiger partial charge on any atom is 0.422 e. The summed E-state index contributed by atoms with van der Waals surface area (Å²) in [5.74, 6) is 0.118. The second-order valence-corrected chi connectivity index (χ2v) is 6.55. The molecule has 0 aliphatic carbocycles. The molecule has 0 radical (unpaired) electrons. The molecule has 6 nitrogen and oxygen atoms in total. The fraction of sp³-hybridized carbons (Fsp3) is 0.333. The van der Waals surface area contributed by atoms with Crippen LogP contribution in [0.15, 0.2) is 53.5 Å². The number of ether oxygens (including phenoxy) is 1. The molecule has 0 aliphatic heterocycles. The van der Waals surface area contributed by atoms with Gasteiger partial charge in [0.1, 0.15) is 11.6 Å². The molecule has 2 rings (SSSR count). The Balaban J connectivity index is 0.00000512. The van der Waals surface area contributed by atoms with Crippen LogP contribution >= 0.6 is 24.0 Å². The number of nitrogens with one attached hydrogen (secondary N) is 3. The van der Waals surface area contributed by atoms with Gasteiger partial charge in [0.25, 0.3) is 0 Å². The number of aliphatic imine (C=N–C) groups is 1. The zero-order chi connectivity index (χ0) is 22.7. The third-order valence-electron chi connectivity index (χ3n) is 4.03. The molecule has 11 heteroatoms. The van der Waals surface area contributed by atoms with E-state index in [0.717, 1.165) is 11.1 Å². The van der Waals surface area contributed by atoms with Crippen LogP contribution in [0.4, 0.5) is 17.6 Å². The van der Waals surface area contributed by atoms with E-state index in [1.807, 2.05) is 0 Å². The molecule has 0 heterocycles. The van der Waals surface area contributed by atoms with Gasteiger partial charge in [-0.25, -0.2) is 4.39 Å². The van der Waals surface area contributed by atoms with Gasteiger partial charge < -0.3 is 20.7 Å². The number of hydrogen-bond acceptors (Lipinski definition) is 3. The van der Waals surface area contributed by atoms with E-state index in [0.29, 0.717) is 25.6 Å². The fourth-order valence-electron chi connectivity index (χ4n) is 2.51. The van der Waals surface area contributed by atoms with Crippen molar-refractivity contribution in [2.75, 3.05) is 26.7 Å². The summed E-state index contributed by atoms with van der Waals surface area (Å²) in [6.45, 7) is -0.136. The van der Waals surface area contributed by atoms with Crippen molar-refractivity contribution in [2.24, 2.45) is 4.99 Å². The van der Waals surface area contributed by atoms with E-state index in [1.54, 1.807) is 31.3 Å². The molecule has 0 aromatic heterocycles. The van der Waals surface area contributed by atoms with E-state index >= 15 is 0 Å². The second-order valence-electron chi connectivity index (χ2n) is 6.55. The van der Waals surface area contributed by atoms with Gasteiger partial charge in [-0.3, -0.25) is 9.79 Å². The molecule has 0 saturated heterocycles. The predicted molar refractivity (Wildman–Crippen MR) is 125 cm³/mol. The molecular weight excluding hydrogens is 543 g/mol. The monoisotopic (exact) mass is 568 g/mol. The number of rotatable bonds is 9. The lowest BCUT2D eigenvalue weighted by Gasteiger charge is -2.13. The first-order valence-electron chi connectivity index (χ1n) is 9.49. The smallest absolute Gasteiger partial charge is 0.422 e. The van der Waals surface area contributed by atoms with E-state index in [-0.39, 0.29) is 47.9 Å². The van der Waals surface area contributed by atoms with Crippen molar-refractivity contribution >= 4 is 35.8 Å². The van der Waals surface area contributed by atoms with Gasteiger partial charge in [0.2, 0.25) is 5.91 Å². The summed E-state index contributed by atoms with van der Waals surface area (Å²) in [6.07, 6.45) is -4.21. The number of halogens is 5. The van der Waals surface area contributed by atoms with Crippen LogP contribution < -0.4 is 20.7 Å². The van der Waals surface area contributed by atoms with E-state index in [9.17, 15) is 22.4 Å². The molecule has 0 spiro atoms. The first kappa shape index (κ1) is 27.5. The van der Waals surface area contributed by atoms with Gasteiger partial charge in [-0.05, 0) is 35.4 Å². The van der Waals surface area contributed by atoms with Crippen molar-refractivity contribution in [3.63, 3.8) is 0 Å². The number of carbonyl (C=O) groups excluding carboxylic acids is 1. The predicted octanol–water partition coefficient (Wildman–Crippen LogP) is 3.41. The zero-order valence-electron chi connectivity index (χ0n) is 17.3. The van der Waals surface area contributed by atoms with Crippen LogP contribution in [0.3, 0.4) is 0 Å². The highest BCUT2D eigenvalue weighted by Gasteiger charge is 2.28. The Morgan fingerprint density at radius 3 is 2.12 bits per heavy atom. The Labute approximate surface area is 200 Å². The van der Waals surface area contributed by atoms with Crippen LogP contribution in [-0.2, 0) is 17.8 Å². The molecule has 3 N–H and O–H groups in total. The van der Waals surface area contributed by atoms with Crippen LogP contribution in [-0.4, -0.2) is 44.8 Å². The number of alkyl halides is 3. The summed E-state index contributed by atoms with van der Waals surface area (Å²) in [5, 5.41) is 8.86. The van der Waals surface area contributed by atoms with Crippen LogP contribution in [0, 0.1) is 5.82 Å². The Hall–Kier alpha value is -2.57. The van der Waals surface area contributed by atoms with Crippen molar-refractivity contribution in [3.05, 3.63) is 65.5 Å². The largest absolute Gasteiger partial charge is 0.484 e. The normalized spacial score (nSPS) is 11.3. The lowest BCUT2D eigenvalue weighted by molar-refractivity contribution is -0.153. The molecule has 1 amide bonds. The summed E-state index contributed by atoms with van der Waals surface area (Å²) < 4.78 is 54.0. The van der Waals surface area contributed by atoms with Crippen LogP contribution in [0.1, 0.15) is 11.1 Å². The quantitative estimate of drug-likeness (QED) is 0.143. The topological polar surface area (TPSA) is 74.8 Å². The Bertz CT molecular complexity index is 860. The summed E-state index contributed by atoms with van der Waals surface area (Å²) in [5.41, 5.74) is 1.55. The molecule has 0 unspecified atom stereocenters. The summed E-state index contributed by atoms with van der Waals surface area (Å²) in [6, 6.07) is 12.0. The van der Waals surface area contributed by atoms with E-state index in [4.69, 9.17) is 0 Å². The first-order chi connectivity index (χ1) is 14.7. The van der Waals surface area contributed by atoms with Crippen LogP contribution in [0.25, 0.3) is 0 Å². The Morgan fingerprint density at radius 1 is 0.938 bits per heavy atom. The molecule has 0 atom stereocenters. The second kappa shape index (κ2) is 13.8. The average Bonchev–Trinajstić information content (AvgIpc) is 2.73. The van der Waals surface area contributed by atoms with Crippen LogP contribution in [0.5, 0.6) is 5.75 Å². The summed E-state index contributed by atoms with van der Waals surface area (Å²) >= 11 is 0. The zero-order valence-corrected chi connectivity index (χ0v) is 19.7. The molecule has 2 aromatic carbocycles. The number of benzene rings is 2. The van der Waals surface area contributed by atoms with Gasteiger partial charge in [0.15, 0.2) is 12.6 Å². The van der Waals surface area contributed by atoms with E-state index in [2.05, 4.69) is 25.7 Å². The number of hydrogen-bond donors (Lipinski definition) is 3. The first-order valence-corrected chi connectivity index (χ1v) is 9.49. The minimum absolute atomic E-state index is 0. The fourth-order valence-corrected chi connectivity index (χ4v) is 2.51. The molecule has 176 valence electrons. The van der Waals surface area contributed by atoms with Gasteiger partial charge in [-0.2, -0.15) is 13.2 Å². The van der Waals surface area contributed by atoms with E-state index < -0.39 is 12.8 Å². The van der Waals surface area contributed by atoms with Gasteiger partial charge in [-0.1, -0.05) is 24.3 Å². The van der Waals surface area contributed by atoms with Crippen molar-refractivity contribution in [2.45, 2.75) is 19.1 Å². The molecule has 32 heavy (non-hydrogen) atoms. The van der Waals surface area contributed by atoms with Crippen molar-refractivity contribution in [1.29, 1.82) is 0 Å². The minimum atomic E-state index is -4.38. The minimum Gasteiger partial charge on any atom is -0.484 e. The standard InChI is InChI=1S/C21H24F4N4O2.HI/c1-26-20(28-11-10-27-19(30)12-15-2-6-17(22)7-3-15)29-13-16-4-8-18(9-5-16)31-14-21(23,24)25;/h2-9H,10-14H2,1H3,(H,27,30)(H2,26,28,29);1H. The van der Waals surface area contributed by atoms with Crippen molar-refractivity contribution in [3.8, 4) is 5.75 Å². The molecule has 0 fully saturated rings. The Morgan fingerprint density at radius 2 is 1.53 bits per heavy atom. The lowest BCUT2D eigenvalue weighted by Crippen LogP contribution is -2.41. The highest BCUT2D eigenvalue weighted by molar-refractivity contribution is 14.0.